The maximum absolute atomic E-state index is 13.2. The Morgan fingerprint density at radius 2 is 1.67 bits per heavy atom. The highest BCUT2D eigenvalue weighted by Gasteiger charge is 2.18. The summed E-state index contributed by atoms with van der Waals surface area (Å²) in [5.74, 6) is 0.833. The van der Waals surface area contributed by atoms with Gasteiger partial charge in [0.15, 0.2) is 11.5 Å². The van der Waals surface area contributed by atoms with Crippen LogP contribution < -0.4 is 5.32 Å². The molecule has 6 rings (SSSR count). The quantitative estimate of drug-likeness (QED) is 0.374. The summed E-state index contributed by atoms with van der Waals surface area (Å²) in [6.07, 6.45) is 3.22. The van der Waals surface area contributed by atoms with Crippen LogP contribution >= 0.6 is 0 Å². The smallest absolute Gasteiger partial charge is 0.256 e. The van der Waals surface area contributed by atoms with E-state index in [4.69, 9.17) is 0 Å². The molecule has 0 spiro atoms. The van der Waals surface area contributed by atoms with Crippen molar-refractivity contribution in [3.8, 4) is 11.5 Å². The van der Waals surface area contributed by atoms with E-state index in [-0.39, 0.29) is 5.91 Å². The van der Waals surface area contributed by atoms with Crippen LogP contribution in [-0.4, -0.2) is 35.4 Å². The SMILES string of the molecule is Cc1cc(NC(=O)c2ccc3ccccc3c2)n(-c2ncnc3c2cnn3-c2ccc(C)c(C)c2)n1. The molecule has 3 heterocycles. The van der Waals surface area contributed by atoms with Crippen molar-refractivity contribution in [2.45, 2.75) is 20.8 Å². The summed E-state index contributed by atoms with van der Waals surface area (Å²) in [5.41, 5.74) is 5.27. The minimum Gasteiger partial charge on any atom is -0.306 e. The van der Waals surface area contributed by atoms with Gasteiger partial charge in [0, 0.05) is 11.6 Å². The summed E-state index contributed by atoms with van der Waals surface area (Å²) in [6, 6.07) is 21.6. The van der Waals surface area contributed by atoms with Gasteiger partial charge in [0.2, 0.25) is 0 Å². The monoisotopic (exact) mass is 473 g/mol. The number of aromatic nitrogens is 6. The van der Waals surface area contributed by atoms with Gasteiger partial charge in [0.1, 0.15) is 12.1 Å². The molecule has 0 aliphatic heterocycles. The lowest BCUT2D eigenvalue weighted by atomic mass is 10.1. The van der Waals surface area contributed by atoms with Crippen molar-refractivity contribution in [3.63, 3.8) is 0 Å². The molecule has 0 fully saturated rings. The highest BCUT2D eigenvalue weighted by Crippen LogP contribution is 2.25. The number of aryl methyl sites for hydroxylation is 3. The van der Waals surface area contributed by atoms with Crippen LogP contribution in [0.25, 0.3) is 33.3 Å². The van der Waals surface area contributed by atoms with E-state index in [2.05, 4.69) is 51.5 Å². The van der Waals surface area contributed by atoms with Gasteiger partial charge in [-0.2, -0.15) is 14.9 Å². The number of hydrogen-bond acceptors (Lipinski definition) is 5. The number of amides is 1. The molecule has 36 heavy (non-hydrogen) atoms. The van der Waals surface area contributed by atoms with Gasteiger partial charge >= 0.3 is 0 Å². The fraction of sp³-hybridized carbons (Fsp3) is 0.107. The van der Waals surface area contributed by atoms with E-state index in [0.29, 0.717) is 22.8 Å². The van der Waals surface area contributed by atoms with Crippen molar-refractivity contribution >= 4 is 33.5 Å². The predicted molar refractivity (Wildman–Crippen MR) is 140 cm³/mol. The molecule has 0 aliphatic rings. The van der Waals surface area contributed by atoms with Gasteiger partial charge in [-0.25, -0.2) is 14.6 Å². The molecule has 0 saturated heterocycles. The Bertz CT molecular complexity index is 1780. The van der Waals surface area contributed by atoms with Gasteiger partial charge < -0.3 is 5.32 Å². The standard InChI is InChI=1S/C28H23N7O/c1-17-8-11-23(12-18(17)2)34-26-24(15-31-34)27(30-16-29-26)35-25(13-19(3)33-35)32-28(36)22-10-9-20-6-4-5-7-21(20)14-22/h4-16H,1-3H3,(H,32,36). The van der Waals surface area contributed by atoms with Gasteiger partial charge in [-0.15, -0.1) is 0 Å². The van der Waals surface area contributed by atoms with Gasteiger partial charge in [-0.05, 0) is 66.9 Å². The molecular formula is C28H23N7O. The number of anilines is 1. The Hall–Kier alpha value is -4.85. The molecule has 1 N–H and O–H groups in total. The molecule has 0 unspecified atom stereocenters. The highest BCUT2D eigenvalue weighted by atomic mass is 16.1. The fourth-order valence-electron chi connectivity index (χ4n) is 4.32. The molecule has 0 radical (unpaired) electrons. The van der Waals surface area contributed by atoms with Crippen LogP contribution in [0.15, 0.2) is 79.3 Å². The maximum atomic E-state index is 13.2. The average molecular weight is 474 g/mol. The van der Waals surface area contributed by atoms with Crippen LogP contribution in [0.4, 0.5) is 5.82 Å². The number of nitrogens with one attached hydrogen (secondary N) is 1. The second-order valence-corrected chi connectivity index (χ2v) is 8.86. The van der Waals surface area contributed by atoms with Crippen molar-refractivity contribution in [1.82, 2.24) is 29.5 Å². The van der Waals surface area contributed by atoms with Crippen LogP contribution in [0.3, 0.4) is 0 Å². The Morgan fingerprint density at radius 3 is 2.50 bits per heavy atom. The maximum Gasteiger partial charge on any atom is 0.256 e. The summed E-state index contributed by atoms with van der Waals surface area (Å²) in [6.45, 7) is 6.02. The molecule has 1 amide bonds. The molecule has 0 saturated carbocycles. The predicted octanol–water partition coefficient (Wildman–Crippen LogP) is 5.33. The fourth-order valence-corrected chi connectivity index (χ4v) is 4.32. The Kier molecular flexibility index (Phi) is 5.07. The van der Waals surface area contributed by atoms with Crippen LogP contribution in [0.5, 0.6) is 0 Å². The van der Waals surface area contributed by atoms with Crippen LogP contribution in [0.2, 0.25) is 0 Å². The number of rotatable bonds is 4. The first-order valence-corrected chi connectivity index (χ1v) is 11.6. The largest absolute Gasteiger partial charge is 0.306 e. The van der Waals surface area contributed by atoms with Gasteiger partial charge in [-0.3, -0.25) is 4.79 Å². The number of carbonyl (C=O) groups is 1. The molecule has 8 heteroatoms. The van der Waals surface area contributed by atoms with Crippen molar-refractivity contribution in [3.05, 3.63) is 102 Å². The van der Waals surface area contributed by atoms with Crippen molar-refractivity contribution in [1.29, 1.82) is 0 Å². The summed E-state index contributed by atoms with van der Waals surface area (Å²) in [7, 11) is 0. The summed E-state index contributed by atoms with van der Waals surface area (Å²) in [5, 5.41) is 15.0. The molecule has 3 aromatic carbocycles. The highest BCUT2D eigenvalue weighted by molar-refractivity contribution is 6.06. The number of fused-ring (bicyclic) bond motifs is 2. The first-order chi connectivity index (χ1) is 17.5. The third-order valence-corrected chi connectivity index (χ3v) is 6.37. The summed E-state index contributed by atoms with van der Waals surface area (Å²) < 4.78 is 3.42. The molecule has 0 aliphatic carbocycles. The van der Waals surface area contributed by atoms with E-state index >= 15 is 0 Å². The number of benzene rings is 3. The van der Waals surface area contributed by atoms with Crippen LogP contribution in [-0.2, 0) is 0 Å². The lowest BCUT2D eigenvalue weighted by Crippen LogP contribution is -2.15. The van der Waals surface area contributed by atoms with Crippen LogP contribution in [0, 0.1) is 20.8 Å². The Morgan fingerprint density at radius 1 is 0.833 bits per heavy atom. The van der Waals surface area contributed by atoms with E-state index in [1.807, 2.05) is 61.5 Å². The van der Waals surface area contributed by atoms with Crippen molar-refractivity contribution in [2.75, 3.05) is 5.32 Å². The lowest BCUT2D eigenvalue weighted by Gasteiger charge is -2.10. The van der Waals surface area contributed by atoms with Gasteiger partial charge in [-0.1, -0.05) is 36.4 Å². The molecule has 176 valence electrons. The van der Waals surface area contributed by atoms with E-state index in [9.17, 15) is 4.79 Å². The van der Waals surface area contributed by atoms with Crippen molar-refractivity contribution in [2.24, 2.45) is 0 Å². The van der Waals surface area contributed by atoms with E-state index < -0.39 is 0 Å². The van der Waals surface area contributed by atoms with E-state index in [0.717, 1.165) is 27.5 Å². The topological polar surface area (TPSA) is 90.5 Å². The summed E-state index contributed by atoms with van der Waals surface area (Å²) in [4.78, 5) is 22.1. The first kappa shape index (κ1) is 21.7. The Labute approximate surface area is 207 Å². The molecule has 0 bridgehead atoms. The second-order valence-electron chi connectivity index (χ2n) is 8.86. The third-order valence-electron chi connectivity index (χ3n) is 6.37. The zero-order valence-corrected chi connectivity index (χ0v) is 20.1. The summed E-state index contributed by atoms with van der Waals surface area (Å²) >= 11 is 0. The average Bonchev–Trinajstić information content (AvgIpc) is 3.48. The van der Waals surface area contributed by atoms with Gasteiger partial charge in [0.05, 0.1) is 23.0 Å². The molecule has 3 aromatic heterocycles. The first-order valence-electron chi connectivity index (χ1n) is 11.6. The minimum absolute atomic E-state index is 0.224. The number of carbonyl (C=O) groups excluding carboxylic acids is 1. The Balaban J connectivity index is 1.39. The number of nitrogens with zero attached hydrogens (tertiary/aromatic N) is 6. The molecule has 6 aromatic rings. The van der Waals surface area contributed by atoms with E-state index in [1.54, 1.807) is 15.6 Å². The van der Waals surface area contributed by atoms with E-state index in [1.165, 1.54) is 17.5 Å². The zero-order chi connectivity index (χ0) is 24.8. The van der Waals surface area contributed by atoms with Crippen molar-refractivity contribution < 1.29 is 4.79 Å². The zero-order valence-electron chi connectivity index (χ0n) is 20.1. The second kappa shape index (κ2) is 8.42. The third kappa shape index (κ3) is 3.69. The molecular weight excluding hydrogens is 450 g/mol. The normalized spacial score (nSPS) is 11.3. The molecule has 0 atom stereocenters. The lowest BCUT2D eigenvalue weighted by molar-refractivity contribution is 0.102. The van der Waals surface area contributed by atoms with Gasteiger partial charge in [0.25, 0.3) is 5.91 Å². The minimum atomic E-state index is -0.224. The van der Waals surface area contributed by atoms with Crippen LogP contribution in [0.1, 0.15) is 27.2 Å². The molecule has 8 nitrogen and oxygen atoms in total. The number of hydrogen-bond donors (Lipinski definition) is 1.